The van der Waals surface area contributed by atoms with Gasteiger partial charge in [-0.3, -0.25) is 4.79 Å². The van der Waals surface area contributed by atoms with E-state index in [0.29, 0.717) is 36.0 Å². The molecule has 3 N–H and O–H groups in total. The summed E-state index contributed by atoms with van der Waals surface area (Å²) in [5.41, 5.74) is 1.95. The summed E-state index contributed by atoms with van der Waals surface area (Å²) in [7, 11) is 0. The summed E-state index contributed by atoms with van der Waals surface area (Å²) in [4.78, 5) is 24.8. The van der Waals surface area contributed by atoms with Crippen molar-refractivity contribution in [2.45, 2.75) is 38.1 Å². The zero-order chi connectivity index (χ0) is 21.6. The molecule has 0 aromatic heterocycles. The topological polar surface area (TPSA) is 79.5 Å². The van der Waals surface area contributed by atoms with E-state index >= 15 is 0 Å². The number of carbonyl (C=O) groups is 2. The third kappa shape index (κ3) is 5.74. The molecule has 0 bridgehead atoms. The SMILES string of the molecule is CC(C)NC(=O)Nc1cccc(C(=O)NCC2(c3cccc(Cl)c3)CCOCC2)c1. The van der Waals surface area contributed by atoms with Gasteiger partial charge < -0.3 is 20.7 Å². The number of ether oxygens (including phenoxy) is 1. The van der Waals surface area contributed by atoms with Gasteiger partial charge in [0.2, 0.25) is 0 Å². The summed E-state index contributed by atoms with van der Waals surface area (Å²) < 4.78 is 5.56. The predicted octanol–water partition coefficient (Wildman–Crippen LogP) is 4.35. The van der Waals surface area contributed by atoms with Gasteiger partial charge in [0.15, 0.2) is 0 Å². The van der Waals surface area contributed by atoms with Gasteiger partial charge in [0, 0.05) is 47.5 Å². The lowest BCUT2D eigenvalue weighted by Gasteiger charge is -2.38. The molecular formula is C23H28ClN3O3. The highest BCUT2D eigenvalue weighted by Gasteiger charge is 2.35. The van der Waals surface area contributed by atoms with E-state index in [1.54, 1.807) is 24.3 Å². The number of carbonyl (C=O) groups excluding carboxylic acids is 2. The molecule has 1 aliphatic rings. The van der Waals surface area contributed by atoms with Gasteiger partial charge in [-0.1, -0.05) is 29.8 Å². The molecule has 0 unspecified atom stereocenters. The van der Waals surface area contributed by atoms with Crippen molar-refractivity contribution in [1.29, 1.82) is 0 Å². The molecule has 1 fully saturated rings. The molecule has 2 aromatic carbocycles. The van der Waals surface area contributed by atoms with E-state index < -0.39 is 0 Å². The highest BCUT2D eigenvalue weighted by molar-refractivity contribution is 6.30. The molecule has 1 aliphatic heterocycles. The van der Waals surface area contributed by atoms with Crippen LogP contribution in [0.4, 0.5) is 10.5 Å². The van der Waals surface area contributed by atoms with E-state index in [0.717, 1.165) is 18.4 Å². The number of benzene rings is 2. The fraction of sp³-hybridized carbons (Fsp3) is 0.391. The number of urea groups is 1. The Morgan fingerprint density at radius 3 is 2.53 bits per heavy atom. The zero-order valence-corrected chi connectivity index (χ0v) is 18.1. The Bertz CT molecular complexity index is 895. The fourth-order valence-corrected chi connectivity index (χ4v) is 3.86. The first-order valence-corrected chi connectivity index (χ1v) is 10.6. The van der Waals surface area contributed by atoms with Gasteiger partial charge in [-0.05, 0) is 62.6 Å². The molecule has 3 amide bonds. The Morgan fingerprint density at radius 2 is 1.83 bits per heavy atom. The van der Waals surface area contributed by atoms with Crippen molar-refractivity contribution in [3.8, 4) is 0 Å². The van der Waals surface area contributed by atoms with E-state index in [9.17, 15) is 9.59 Å². The van der Waals surface area contributed by atoms with E-state index in [1.807, 2.05) is 32.0 Å². The molecule has 0 aliphatic carbocycles. The van der Waals surface area contributed by atoms with Crippen molar-refractivity contribution in [2.24, 2.45) is 0 Å². The Hall–Kier alpha value is -2.57. The van der Waals surface area contributed by atoms with Crippen LogP contribution in [0.1, 0.15) is 42.6 Å². The van der Waals surface area contributed by atoms with Crippen molar-refractivity contribution >= 4 is 29.2 Å². The Kier molecular flexibility index (Phi) is 7.34. The molecule has 160 valence electrons. The summed E-state index contributed by atoms with van der Waals surface area (Å²) in [6, 6.07) is 14.5. The monoisotopic (exact) mass is 429 g/mol. The molecule has 0 saturated carbocycles. The van der Waals surface area contributed by atoms with Crippen LogP contribution in [-0.4, -0.2) is 37.7 Å². The summed E-state index contributed by atoms with van der Waals surface area (Å²) in [6.07, 6.45) is 1.62. The highest BCUT2D eigenvalue weighted by Crippen LogP contribution is 2.35. The van der Waals surface area contributed by atoms with Crippen molar-refractivity contribution in [2.75, 3.05) is 25.1 Å². The largest absolute Gasteiger partial charge is 0.381 e. The van der Waals surface area contributed by atoms with E-state index in [2.05, 4.69) is 22.0 Å². The van der Waals surface area contributed by atoms with Crippen LogP contribution in [0.2, 0.25) is 5.02 Å². The zero-order valence-electron chi connectivity index (χ0n) is 17.3. The summed E-state index contributed by atoms with van der Waals surface area (Å²) >= 11 is 6.22. The van der Waals surface area contributed by atoms with Crippen LogP contribution in [0.5, 0.6) is 0 Å². The van der Waals surface area contributed by atoms with Crippen LogP contribution in [0, 0.1) is 0 Å². The van der Waals surface area contributed by atoms with Gasteiger partial charge in [0.1, 0.15) is 0 Å². The summed E-state index contributed by atoms with van der Waals surface area (Å²) in [5, 5.41) is 9.27. The lowest BCUT2D eigenvalue weighted by atomic mass is 9.74. The van der Waals surface area contributed by atoms with Gasteiger partial charge in [0.25, 0.3) is 5.91 Å². The maximum atomic E-state index is 12.8. The van der Waals surface area contributed by atoms with Crippen LogP contribution in [-0.2, 0) is 10.2 Å². The standard InChI is InChI=1S/C23H28ClN3O3/c1-16(2)26-22(29)27-20-8-3-5-17(13-20)21(28)25-15-23(9-11-30-12-10-23)18-6-4-7-19(24)14-18/h3-8,13-14,16H,9-12,15H2,1-2H3,(H,25,28)(H2,26,27,29). The minimum atomic E-state index is -0.301. The number of amides is 3. The normalized spacial score (nSPS) is 15.5. The van der Waals surface area contributed by atoms with Crippen LogP contribution in [0.25, 0.3) is 0 Å². The van der Waals surface area contributed by atoms with Gasteiger partial charge in [-0.2, -0.15) is 0 Å². The van der Waals surface area contributed by atoms with Crippen LogP contribution in [0.15, 0.2) is 48.5 Å². The molecule has 0 atom stereocenters. The first kappa shape index (κ1) is 22.1. The number of hydrogen-bond donors (Lipinski definition) is 3. The minimum absolute atomic E-state index is 0.0265. The number of halogens is 1. The van der Waals surface area contributed by atoms with Crippen molar-refractivity contribution in [1.82, 2.24) is 10.6 Å². The molecule has 0 radical (unpaired) electrons. The highest BCUT2D eigenvalue weighted by atomic mass is 35.5. The maximum Gasteiger partial charge on any atom is 0.319 e. The smallest absolute Gasteiger partial charge is 0.319 e. The Labute approximate surface area is 182 Å². The van der Waals surface area contributed by atoms with Crippen molar-refractivity contribution in [3.63, 3.8) is 0 Å². The third-order valence-electron chi connectivity index (χ3n) is 5.28. The molecule has 6 nitrogen and oxygen atoms in total. The van der Waals surface area contributed by atoms with Crippen molar-refractivity contribution < 1.29 is 14.3 Å². The second-order valence-corrected chi connectivity index (χ2v) is 8.36. The second kappa shape index (κ2) is 9.96. The van der Waals surface area contributed by atoms with Gasteiger partial charge >= 0.3 is 6.03 Å². The fourth-order valence-electron chi connectivity index (χ4n) is 3.67. The molecule has 1 saturated heterocycles. The molecule has 1 heterocycles. The van der Waals surface area contributed by atoms with Gasteiger partial charge in [-0.25, -0.2) is 4.79 Å². The average molecular weight is 430 g/mol. The summed E-state index contributed by atoms with van der Waals surface area (Å²) in [6.45, 7) is 5.55. The van der Waals surface area contributed by atoms with E-state index in [4.69, 9.17) is 16.3 Å². The molecule has 2 aromatic rings. The number of rotatable bonds is 6. The molecule has 7 heteroatoms. The quantitative estimate of drug-likeness (QED) is 0.638. The van der Waals surface area contributed by atoms with Gasteiger partial charge in [-0.15, -0.1) is 0 Å². The second-order valence-electron chi connectivity index (χ2n) is 7.92. The first-order valence-electron chi connectivity index (χ1n) is 10.2. The summed E-state index contributed by atoms with van der Waals surface area (Å²) in [5.74, 6) is -0.184. The van der Waals surface area contributed by atoms with Crippen LogP contribution >= 0.6 is 11.6 Å². The predicted molar refractivity (Wildman–Crippen MR) is 119 cm³/mol. The lowest BCUT2D eigenvalue weighted by Crippen LogP contribution is -2.44. The van der Waals surface area contributed by atoms with E-state index in [1.165, 1.54) is 0 Å². The number of hydrogen-bond acceptors (Lipinski definition) is 3. The molecular weight excluding hydrogens is 402 g/mol. The van der Waals surface area contributed by atoms with Crippen LogP contribution < -0.4 is 16.0 Å². The first-order chi connectivity index (χ1) is 14.4. The van der Waals surface area contributed by atoms with Gasteiger partial charge in [0.05, 0.1) is 0 Å². The van der Waals surface area contributed by atoms with E-state index in [-0.39, 0.29) is 23.4 Å². The minimum Gasteiger partial charge on any atom is -0.381 e. The lowest BCUT2D eigenvalue weighted by molar-refractivity contribution is 0.0487. The average Bonchev–Trinajstić information content (AvgIpc) is 2.72. The number of anilines is 1. The maximum absolute atomic E-state index is 12.8. The third-order valence-corrected chi connectivity index (χ3v) is 5.51. The Balaban J connectivity index is 1.70. The molecule has 0 spiro atoms. The van der Waals surface area contributed by atoms with Crippen molar-refractivity contribution in [3.05, 3.63) is 64.7 Å². The Morgan fingerprint density at radius 1 is 1.10 bits per heavy atom. The van der Waals surface area contributed by atoms with Crippen LogP contribution in [0.3, 0.4) is 0 Å². The molecule has 3 rings (SSSR count). The molecule has 30 heavy (non-hydrogen) atoms. The number of nitrogens with one attached hydrogen (secondary N) is 3.